The van der Waals surface area contributed by atoms with Crippen LogP contribution in [0, 0.1) is 35.2 Å². The lowest BCUT2D eigenvalue weighted by atomic mass is 9.78. The zero-order valence-electron chi connectivity index (χ0n) is 16.6. The first-order chi connectivity index (χ1) is 13.9. The zero-order valence-corrected chi connectivity index (χ0v) is 16.6. The van der Waals surface area contributed by atoms with Crippen LogP contribution < -0.4 is 4.74 Å². The van der Waals surface area contributed by atoms with E-state index in [1.807, 2.05) is 0 Å². The Balaban J connectivity index is 1.65. The van der Waals surface area contributed by atoms with E-state index in [1.54, 1.807) is 32.0 Å². The van der Waals surface area contributed by atoms with E-state index < -0.39 is 23.6 Å². The fraction of sp³-hybridized carbons (Fsp3) is 0.417. The van der Waals surface area contributed by atoms with Crippen molar-refractivity contribution in [2.24, 2.45) is 5.92 Å². The van der Waals surface area contributed by atoms with Gasteiger partial charge >= 0.3 is 0 Å². The van der Waals surface area contributed by atoms with Crippen molar-refractivity contribution in [3.05, 3.63) is 64.5 Å². The molecule has 0 radical (unpaired) electrons. The summed E-state index contributed by atoms with van der Waals surface area (Å²) in [6.45, 7) is 3.58. The minimum Gasteiger partial charge on any atom is -0.491 e. The first-order valence-electron chi connectivity index (χ1n) is 10.0. The molecule has 0 aromatic heterocycles. The van der Waals surface area contributed by atoms with Gasteiger partial charge in [0.05, 0.1) is 18.3 Å². The lowest BCUT2D eigenvalue weighted by Gasteiger charge is -2.26. The van der Waals surface area contributed by atoms with Crippen molar-refractivity contribution in [2.45, 2.75) is 51.6 Å². The SMILES string of the molecule is CCOc1ccc(C2CCC(C#Cc3ccc(C(C)O)cc3F)CC2)c(F)c1F. The molecule has 1 fully saturated rings. The van der Waals surface area contributed by atoms with Crippen LogP contribution >= 0.6 is 0 Å². The quantitative estimate of drug-likeness (QED) is 0.647. The lowest BCUT2D eigenvalue weighted by Crippen LogP contribution is -2.14. The second kappa shape index (κ2) is 9.37. The lowest BCUT2D eigenvalue weighted by molar-refractivity contribution is 0.199. The Morgan fingerprint density at radius 3 is 2.41 bits per heavy atom. The molecule has 29 heavy (non-hydrogen) atoms. The Kier molecular flexibility index (Phi) is 6.87. The van der Waals surface area contributed by atoms with E-state index in [2.05, 4.69) is 11.8 Å². The van der Waals surface area contributed by atoms with Crippen LogP contribution in [0.4, 0.5) is 13.2 Å². The van der Waals surface area contributed by atoms with Gasteiger partial charge in [0.25, 0.3) is 0 Å². The number of hydrogen-bond acceptors (Lipinski definition) is 2. The molecule has 2 nitrogen and oxygen atoms in total. The van der Waals surface area contributed by atoms with E-state index in [0.29, 0.717) is 29.5 Å². The van der Waals surface area contributed by atoms with Gasteiger partial charge in [0.15, 0.2) is 11.6 Å². The molecule has 1 N–H and O–H groups in total. The van der Waals surface area contributed by atoms with E-state index in [4.69, 9.17) is 4.74 Å². The fourth-order valence-corrected chi connectivity index (χ4v) is 3.75. The highest BCUT2D eigenvalue weighted by molar-refractivity contribution is 5.39. The molecule has 0 bridgehead atoms. The highest BCUT2D eigenvalue weighted by Gasteiger charge is 2.26. The summed E-state index contributed by atoms with van der Waals surface area (Å²) in [7, 11) is 0. The molecule has 1 atom stereocenters. The molecule has 2 aromatic rings. The normalized spacial score (nSPS) is 19.9. The van der Waals surface area contributed by atoms with Crippen LogP contribution in [0.2, 0.25) is 0 Å². The highest BCUT2D eigenvalue weighted by atomic mass is 19.2. The third-order valence-corrected chi connectivity index (χ3v) is 5.43. The molecule has 5 heteroatoms. The van der Waals surface area contributed by atoms with Crippen molar-refractivity contribution >= 4 is 0 Å². The molecule has 0 aliphatic heterocycles. The molecule has 1 saturated carbocycles. The summed E-state index contributed by atoms with van der Waals surface area (Å²) >= 11 is 0. The molecule has 3 rings (SSSR count). The van der Waals surface area contributed by atoms with Crippen molar-refractivity contribution in [2.75, 3.05) is 6.61 Å². The van der Waals surface area contributed by atoms with Crippen LogP contribution in [-0.4, -0.2) is 11.7 Å². The van der Waals surface area contributed by atoms with E-state index in [1.165, 1.54) is 12.1 Å². The summed E-state index contributed by atoms with van der Waals surface area (Å²) < 4.78 is 47.8. The molecule has 0 spiro atoms. The van der Waals surface area contributed by atoms with Gasteiger partial charge in [-0.1, -0.05) is 24.0 Å². The Morgan fingerprint density at radius 2 is 1.79 bits per heavy atom. The van der Waals surface area contributed by atoms with Gasteiger partial charge in [-0.25, -0.2) is 8.78 Å². The number of halogens is 3. The third-order valence-electron chi connectivity index (χ3n) is 5.43. The second-order valence-corrected chi connectivity index (χ2v) is 7.45. The number of ether oxygens (including phenoxy) is 1. The average molecular weight is 402 g/mol. The first kappa shape index (κ1) is 21.3. The van der Waals surface area contributed by atoms with E-state index in [0.717, 1.165) is 12.8 Å². The summed E-state index contributed by atoms with van der Waals surface area (Å²) in [5, 5.41) is 9.51. The maximum Gasteiger partial charge on any atom is 0.200 e. The van der Waals surface area contributed by atoms with Crippen LogP contribution in [0.5, 0.6) is 5.75 Å². The topological polar surface area (TPSA) is 29.5 Å². The standard InChI is InChI=1S/C24H25F3O2/c1-3-29-22-13-12-20(23(26)24(22)27)17-7-4-16(5-8-17)6-9-18-10-11-19(15(2)28)14-21(18)25/h10-17,28H,3-5,7-8H2,1-2H3. The van der Waals surface area contributed by atoms with Crippen LogP contribution in [-0.2, 0) is 0 Å². The van der Waals surface area contributed by atoms with Gasteiger partial charge < -0.3 is 9.84 Å². The maximum atomic E-state index is 14.4. The van der Waals surface area contributed by atoms with Gasteiger partial charge in [0, 0.05) is 5.92 Å². The Hall–Kier alpha value is -2.45. The molecule has 0 saturated heterocycles. The van der Waals surface area contributed by atoms with Gasteiger partial charge in [-0.05, 0) is 74.8 Å². The highest BCUT2D eigenvalue weighted by Crippen LogP contribution is 2.38. The van der Waals surface area contributed by atoms with Gasteiger partial charge in [-0.3, -0.25) is 0 Å². The predicted octanol–water partition coefficient (Wildman–Crippen LogP) is 5.88. The molecular weight excluding hydrogens is 377 g/mol. The molecular formula is C24H25F3O2. The van der Waals surface area contributed by atoms with Gasteiger partial charge in [0.1, 0.15) is 5.82 Å². The summed E-state index contributed by atoms with van der Waals surface area (Å²) in [4.78, 5) is 0. The van der Waals surface area contributed by atoms with Crippen LogP contribution in [0.25, 0.3) is 0 Å². The van der Waals surface area contributed by atoms with Gasteiger partial charge in [-0.2, -0.15) is 4.39 Å². The maximum absolute atomic E-state index is 14.4. The van der Waals surface area contributed by atoms with Crippen molar-refractivity contribution in [1.82, 2.24) is 0 Å². The summed E-state index contributed by atoms with van der Waals surface area (Å²) in [6, 6.07) is 7.64. The molecule has 1 unspecified atom stereocenters. The number of benzene rings is 2. The predicted molar refractivity (Wildman–Crippen MR) is 106 cm³/mol. The summed E-state index contributed by atoms with van der Waals surface area (Å²) in [5.74, 6) is 3.78. The molecule has 1 aliphatic rings. The van der Waals surface area contributed by atoms with Crippen molar-refractivity contribution in [1.29, 1.82) is 0 Å². The Labute approximate surface area is 169 Å². The number of rotatable bonds is 4. The number of aliphatic hydroxyl groups is 1. The van der Waals surface area contributed by atoms with Gasteiger partial charge in [-0.15, -0.1) is 0 Å². The number of aliphatic hydroxyl groups excluding tert-OH is 1. The zero-order chi connectivity index (χ0) is 21.0. The second-order valence-electron chi connectivity index (χ2n) is 7.45. The molecule has 1 aliphatic carbocycles. The van der Waals surface area contributed by atoms with E-state index >= 15 is 0 Å². The smallest absolute Gasteiger partial charge is 0.200 e. The molecule has 0 heterocycles. The first-order valence-corrected chi connectivity index (χ1v) is 10.0. The van der Waals surface area contributed by atoms with Crippen LogP contribution in [0.15, 0.2) is 30.3 Å². The minimum atomic E-state index is -0.928. The van der Waals surface area contributed by atoms with Crippen molar-refractivity contribution in [3.8, 4) is 17.6 Å². The fourth-order valence-electron chi connectivity index (χ4n) is 3.75. The summed E-state index contributed by atoms with van der Waals surface area (Å²) in [5.41, 5.74) is 1.20. The third kappa shape index (κ3) is 4.94. The van der Waals surface area contributed by atoms with E-state index in [-0.39, 0.29) is 24.2 Å². The molecule has 2 aromatic carbocycles. The Bertz CT molecular complexity index is 920. The minimum absolute atomic E-state index is 0.0553. The molecule has 154 valence electrons. The van der Waals surface area contributed by atoms with Crippen molar-refractivity contribution < 1.29 is 23.0 Å². The van der Waals surface area contributed by atoms with Gasteiger partial charge in [0.2, 0.25) is 5.82 Å². The van der Waals surface area contributed by atoms with E-state index in [9.17, 15) is 18.3 Å². The summed E-state index contributed by atoms with van der Waals surface area (Å²) in [6.07, 6.45) is 2.17. The van der Waals surface area contributed by atoms with Crippen LogP contribution in [0.1, 0.15) is 68.2 Å². The van der Waals surface area contributed by atoms with Crippen molar-refractivity contribution in [3.63, 3.8) is 0 Å². The largest absolute Gasteiger partial charge is 0.491 e. The van der Waals surface area contributed by atoms with Crippen LogP contribution in [0.3, 0.4) is 0 Å². The monoisotopic (exact) mass is 402 g/mol. The Morgan fingerprint density at radius 1 is 1.07 bits per heavy atom. The molecule has 0 amide bonds. The number of hydrogen-bond donors (Lipinski definition) is 1. The average Bonchev–Trinajstić information content (AvgIpc) is 2.71.